The summed E-state index contributed by atoms with van der Waals surface area (Å²) in [5, 5.41) is 10.4. The van der Waals surface area contributed by atoms with E-state index < -0.39 is 5.60 Å². The van der Waals surface area contributed by atoms with Gasteiger partial charge in [0.05, 0.1) is 5.60 Å². The van der Waals surface area contributed by atoms with Crippen molar-refractivity contribution in [3.63, 3.8) is 0 Å². The largest absolute Gasteiger partial charge is 0.388 e. The third kappa shape index (κ3) is 3.91. The van der Waals surface area contributed by atoms with Gasteiger partial charge in [-0.25, -0.2) is 0 Å². The van der Waals surface area contributed by atoms with Crippen molar-refractivity contribution >= 4 is 0 Å². The number of rotatable bonds is 6. The molecule has 1 saturated heterocycles. The van der Waals surface area contributed by atoms with Crippen molar-refractivity contribution in [2.24, 2.45) is 11.7 Å². The molecular formula is C15H31N3O. The maximum absolute atomic E-state index is 10.4. The maximum atomic E-state index is 10.4. The van der Waals surface area contributed by atoms with Crippen LogP contribution in [0.5, 0.6) is 0 Å². The Morgan fingerprint density at radius 1 is 1.16 bits per heavy atom. The van der Waals surface area contributed by atoms with Crippen LogP contribution in [0.15, 0.2) is 0 Å². The predicted octanol–water partition coefficient (Wildman–Crippen LogP) is 0.894. The van der Waals surface area contributed by atoms with Crippen LogP contribution in [-0.4, -0.2) is 66.3 Å². The van der Waals surface area contributed by atoms with Crippen LogP contribution in [-0.2, 0) is 0 Å². The van der Waals surface area contributed by atoms with Crippen molar-refractivity contribution in [1.29, 1.82) is 0 Å². The van der Waals surface area contributed by atoms with Crippen LogP contribution in [0.4, 0.5) is 0 Å². The van der Waals surface area contributed by atoms with E-state index in [1.165, 1.54) is 39.1 Å². The summed E-state index contributed by atoms with van der Waals surface area (Å²) in [7, 11) is 0. The molecule has 2 aliphatic rings. The smallest absolute Gasteiger partial charge is 0.0797 e. The van der Waals surface area contributed by atoms with Crippen LogP contribution < -0.4 is 5.73 Å². The molecule has 2 atom stereocenters. The molecule has 0 radical (unpaired) electrons. The minimum absolute atomic E-state index is 0.422. The van der Waals surface area contributed by atoms with Crippen LogP contribution in [0.1, 0.15) is 39.0 Å². The molecule has 0 bridgehead atoms. The average Bonchev–Trinajstić information content (AvgIpc) is 2.80. The summed E-state index contributed by atoms with van der Waals surface area (Å²) in [4.78, 5) is 5.11. The summed E-state index contributed by atoms with van der Waals surface area (Å²) in [6, 6.07) is 0. The quantitative estimate of drug-likeness (QED) is 0.752. The molecule has 2 rings (SSSR count). The van der Waals surface area contributed by atoms with Crippen LogP contribution in [0.3, 0.4) is 0 Å². The van der Waals surface area contributed by atoms with Crippen molar-refractivity contribution in [2.75, 3.05) is 45.8 Å². The number of piperazine rings is 1. The standard InChI is InChI=1S/C15H31N3O/c1-2-7-17-9-11-18(12-10-17)8-5-14-4-3-6-15(14,19)13-16/h14,19H,2-13,16H2,1H3. The summed E-state index contributed by atoms with van der Waals surface area (Å²) >= 11 is 0. The molecule has 112 valence electrons. The van der Waals surface area contributed by atoms with Crippen LogP contribution in [0.2, 0.25) is 0 Å². The topological polar surface area (TPSA) is 52.7 Å². The molecule has 0 spiro atoms. The molecule has 19 heavy (non-hydrogen) atoms. The number of hydrogen-bond donors (Lipinski definition) is 2. The lowest BCUT2D eigenvalue weighted by molar-refractivity contribution is 0.00267. The fraction of sp³-hybridized carbons (Fsp3) is 1.00. The SMILES string of the molecule is CCCN1CCN(CCC2CCCC2(O)CN)CC1. The Labute approximate surface area is 117 Å². The lowest BCUT2D eigenvalue weighted by atomic mass is 9.88. The third-order valence-electron chi connectivity index (χ3n) is 5.07. The van der Waals surface area contributed by atoms with E-state index in [1.54, 1.807) is 0 Å². The minimum atomic E-state index is -0.565. The lowest BCUT2D eigenvalue weighted by Crippen LogP contribution is -2.48. The van der Waals surface area contributed by atoms with Gasteiger partial charge in [0.1, 0.15) is 0 Å². The van der Waals surface area contributed by atoms with E-state index in [0.29, 0.717) is 12.5 Å². The lowest BCUT2D eigenvalue weighted by Gasteiger charge is -2.36. The summed E-state index contributed by atoms with van der Waals surface area (Å²) in [6.07, 6.45) is 5.57. The average molecular weight is 269 g/mol. The van der Waals surface area contributed by atoms with Gasteiger partial charge in [-0.15, -0.1) is 0 Å². The van der Waals surface area contributed by atoms with Gasteiger partial charge in [0.25, 0.3) is 0 Å². The fourth-order valence-corrected chi connectivity index (χ4v) is 3.70. The summed E-state index contributed by atoms with van der Waals surface area (Å²) in [5.74, 6) is 0.422. The van der Waals surface area contributed by atoms with E-state index in [0.717, 1.165) is 32.2 Å². The molecule has 0 aromatic carbocycles. The Balaban J connectivity index is 1.69. The van der Waals surface area contributed by atoms with E-state index in [-0.39, 0.29) is 0 Å². The van der Waals surface area contributed by atoms with Crippen LogP contribution in [0.25, 0.3) is 0 Å². The monoisotopic (exact) mass is 269 g/mol. The molecule has 1 heterocycles. The van der Waals surface area contributed by atoms with Crippen molar-refractivity contribution < 1.29 is 5.11 Å². The number of nitrogens with zero attached hydrogens (tertiary/aromatic N) is 2. The third-order valence-corrected chi connectivity index (χ3v) is 5.07. The Kier molecular flexibility index (Phi) is 5.63. The Bertz CT molecular complexity index is 266. The van der Waals surface area contributed by atoms with Crippen LogP contribution in [0, 0.1) is 5.92 Å². The molecule has 4 heteroatoms. The van der Waals surface area contributed by atoms with Gasteiger partial charge in [-0.05, 0) is 44.7 Å². The molecular weight excluding hydrogens is 238 g/mol. The van der Waals surface area contributed by atoms with Crippen LogP contribution >= 0.6 is 0 Å². The highest BCUT2D eigenvalue weighted by atomic mass is 16.3. The van der Waals surface area contributed by atoms with E-state index in [1.807, 2.05) is 0 Å². The van der Waals surface area contributed by atoms with Gasteiger partial charge in [-0.1, -0.05) is 13.3 Å². The first-order valence-corrected chi connectivity index (χ1v) is 8.05. The highest BCUT2D eigenvalue weighted by molar-refractivity contribution is 4.93. The number of aliphatic hydroxyl groups is 1. The Hall–Kier alpha value is -0.160. The molecule has 2 unspecified atom stereocenters. The van der Waals surface area contributed by atoms with Crippen molar-refractivity contribution in [3.8, 4) is 0 Å². The zero-order valence-corrected chi connectivity index (χ0v) is 12.5. The van der Waals surface area contributed by atoms with Gasteiger partial charge in [-0.2, -0.15) is 0 Å². The summed E-state index contributed by atoms with van der Waals surface area (Å²) < 4.78 is 0. The second-order valence-electron chi connectivity index (χ2n) is 6.37. The zero-order valence-electron chi connectivity index (χ0n) is 12.5. The van der Waals surface area contributed by atoms with Gasteiger partial charge >= 0.3 is 0 Å². The first-order valence-electron chi connectivity index (χ1n) is 8.05. The molecule has 1 aliphatic heterocycles. The molecule has 1 saturated carbocycles. The first-order chi connectivity index (χ1) is 9.18. The molecule has 4 nitrogen and oxygen atoms in total. The van der Waals surface area contributed by atoms with Crippen molar-refractivity contribution in [1.82, 2.24) is 9.80 Å². The Morgan fingerprint density at radius 2 is 1.79 bits per heavy atom. The second kappa shape index (κ2) is 7.02. The summed E-state index contributed by atoms with van der Waals surface area (Å²) in [6.45, 7) is 9.85. The van der Waals surface area contributed by atoms with Crippen molar-refractivity contribution in [2.45, 2.75) is 44.6 Å². The fourth-order valence-electron chi connectivity index (χ4n) is 3.70. The number of nitrogens with two attached hydrogens (primary N) is 1. The normalized spacial score (nSPS) is 33.9. The first kappa shape index (κ1) is 15.2. The van der Waals surface area contributed by atoms with E-state index in [4.69, 9.17) is 5.73 Å². The van der Waals surface area contributed by atoms with E-state index in [9.17, 15) is 5.11 Å². The summed E-state index contributed by atoms with van der Waals surface area (Å²) in [5.41, 5.74) is 5.18. The van der Waals surface area contributed by atoms with E-state index in [2.05, 4.69) is 16.7 Å². The maximum Gasteiger partial charge on any atom is 0.0797 e. The van der Waals surface area contributed by atoms with Gasteiger partial charge in [0.2, 0.25) is 0 Å². The predicted molar refractivity (Wildman–Crippen MR) is 79.1 cm³/mol. The highest BCUT2D eigenvalue weighted by Crippen LogP contribution is 2.37. The Morgan fingerprint density at radius 3 is 2.37 bits per heavy atom. The van der Waals surface area contributed by atoms with Gasteiger partial charge < -0.3 is 20.6 Å². The molecule has 0 amide bonds. The van der Waals surface area contributed by atoms with Gasteiger partial charge in [0, 0.05) is 32.7 Å². The molecule has 0 aromatic heterocycles. The number of hydrogen-bond acceptors (Lipinski definition) is 4. The van der Waals surface area contributed by atoms with Gasteiger partial charge in [0.15, 0.2) is 0 Å². The van der Waals surface area contributed by atoms with Crippen molar-refractivity contribution in [3.05, 3.63) is 0 Å². The minimum Gasteiger partial charge on any atom is -0.388 e. The van der Waals surface area contributed by atoms with E-state index >= 15 is 0 Å². The molecule has 0 aromatic rings. The van der Waals surface area contributed by atoms with Gasteiger partial charge in [-0.3, -0.25) is 0 Å². The molecule has 2 fully saturated rings. The molecule has 3 N–H and O–H groups in total. The zero-order chi connectivity index (χ0) is 13.7. The molecule has 1 aliphatic carbocycles. The second-order valence-corrected chi connectivity index (χ2v) is 6.37. The highest BCUT2D eigenvalue weighted by Gasteiger charge is 2.39.